The van der Waals surface area contributed by atoms with Gasteiger partial charge in [-0.05, 0) is 37.7 Å². The van der Waals surface area contributed by atoms with Gasteiger partial charge in [-0.3, -0.25) is 0 Å². The van der Waals surface area contributed by atoms with E-state index in [2.05, 4.69) is 24.1 Å². The smallest absolute Gasteiger partial charge is 0.123 e. The van der Waals surface area contributed by atoms with Crippen molar-refractivity contribution in [3.63, 3.8) is 0 Å². The summed E-state index contributed by atoms with van der Waals surface area (Å²) in [4.78, 5) is 2.12. The third-order valence-electron chi connectivity index (χ3n) is 3.17. The molecular formula is C15H25FN2O. The van der Waals surface area contributed by atoms with Crippen molar-refractivity contribution >= 4 is 0 Å². The standard InChI is InChI=1S/C15H25FN2O/c1-11(2)14(10-18(3)4)17-9-15(19)12-6-5-7-13(16)8-12/h5-8,11,14-15,17,19H,9-10H2,1-4H3. The van der Waals surface area contributed by atoms with E-state index < -0.39 is 6.10 Å². The van der Waals surface area contributed by atoms with Gasteiger partial charge in [0.2, 0.25) is 0 Å². The predicted molar refractivity (Wildman–Crippen MR) is 76.5 cm³/mol. The molecule has 0 aliphatic heterocycles. The van der Waals surface area contributed by atoms with E-state index in [1.54, 1.807) is 12.1 Å². The monoisotopic (exact) mass is 268 g/mol. The fourth-order valence-electron chi connectivity index (χ4n) is 2.00. The van der Waals surface area contributed by atoms with Crippen molar-refractivity contribution in [3.8, 4) is 0 Å². The van der Waals surface area contributed by atoms with Crippen LogP contribution in [0.4, 0.5) is 4.39 Å². The first-order chi connectivity index (χ1) is 8.90. The Kier molecular flexibility index (Phi) is 6.42. The Morgan fingerprint density at radius 3 is 2.53 bits per heavy atom. The number of halogens is 1. The molecule has 0 radical (unpaired) electrons. The van der Waals surface area contributed by atoms with E-state index in [0.717, 1.165) is 6.54 Å². The van der Waals surface area contributed by atoms with Gasteiger partial charge in [0.25, 0.3) is 0 Å². The quantitative estimate of drug-likeness (QED) is 0.794. The molecule has 0 aliphatic carbocycles. The van der Waals surface area contributed by atoms with Gasteiger partial charge in [-0.15, -0.1) is 0 Å². The number of hydrogen-bond acceptors (Lipinski definition) is 3. The molecule has 2 N–H and O–H groups in total. The van der Waals surface area contributed by atoms with Crippen LogP contribution in [0.25, 0.3) is 0 Å². The van der Waals surface area contributed by atoms with Crippen LogP contribution in [0.5, 0.6) is 0 Å². The summed E-state index contributed by atoms with van der Waals surface area (Å²) in [6.07, 6.45) is -0.681. The summed E-state index contributed by atoms with van der Waals surface area (Å²) in [7, 11) is 4.06. The second kappa shape index (κ2) is 7.58. The Labute approximate surface area is 115 Å². The number of rotatable bonds is 7. The average Bonchev–Trinajstić information content (AvgIpc) is 2.33. The number of benzene rings is 1. The van der Waals surface area contributed by atoms with Gasteiger partial charge in [0.05, 0.1) is 6.10 Å². The van der Waals surface area contributed by atoms with Crippen molar-refractivity contribution in [3.05, 3.63) is 35.6 Å². The summed E-state index contributed by atoms with van der Waals surface area (Å²) in [5, 5.41) is 13.4. The molecule has 0 amide bonds. The topological polar surface area (TPSA) is 35.5 Å². The molecular weight excluding hydrogens is 243 g/mol. The van der Waals surface area contributed by atoms with Crippen LogP contribution in [0, 0.1) is 11.7 Å². The van der Waals surface area contributed by atoms with Gasteiger partial charge < -0.3 is 15.3 Å². The highest BCUT2D eigenvalue weighted by molar-refractivity contribution is 5.19. The number of nitrogens with one attached hydrogen (secondary N) is 1. The number of nitrogens with zero attached hydrogens (tertiary/aromatic N) is 1. The Hall–Kier alpha value is -0.970. The zero-order chi connectivity index (χ0) is 14.4. The van der Waals surface area contributed by atoms with Gasteiger partial charge in [-0.25, -0.2) is 4.39 Å². The molecule has 4 heteroatoms. The van der Waals surface area contributed by atoms with Crippen LogP contribution in [-0.4, -0.2) is 43.2 Å². The zero-order valence-electron chi connectivity index (χ0n) is 12.2. The molecule has 1 aromatic carbocycles. The molecule has 2 unspecified atom stereocenters. The fourth-order valence-corrected chi connectivity index (χ4v) is 2.00. The maximum Gasteiger partial charge on any atom is 0.123 e. The van der Waals surface area contributed by atoms with Gasteiger partial charge in [0.1, 0.15) is 5.82 Å². The highest BCUT2D eigenvalue weighted by Crippen LogP contribution is 2.14. The van der Waals surface area contributed by atoms with Crippen molar-refractivity contribution in [2.45, 2.75) is 26.0 Å². The third-order valence-corrected chi connectivity index (χ3v) is 3.17. The van der Waals surface area contributed by atoms with Crippen molar-refractivity contribution in [2.75, 3.05) is 27.2 Å². The molecule has 19 heavy (non-hydrogen) atoms. The molecule has 0 heterocycles. The number of aliphatic hydroxyl groups excluding tert-OH is 1. The largest absolute Gasteiger partial charge is 0.387 e. The van der Waals surface area contributed by atoms with Gasteiger partial charge in [0.15, 0.2) is 0 Å². The Morgan fingerprint density at radius 1 is 1.32 bits per heavy atom. The molecule has 0 aliphatic rings. The lowest BCUT2D eigenvalue weighted by Crippen LogP contribution is -2.43. The molecule has 2 atom stereocenters. The first-order valence-electron chi connectivity index (χ1n) is 6.71. The maximum atomic E-state index is 13.1. The summed E-state index contributed by atoms with van der Waals surface area (Å²) in [6.45, 7) is 5.64. The summed E-state index contributed by atoms with van der Waals surface area (Å²) in [6, 6.07) is 6.42. The van der Waals surface area contributed by atoms with Crippen molar-refractivity contribution in [1.29, 1.82) is 0 Å². The summed E-state index contributed by atoms with van der Waals surface area (Å²) in [5.74, 6) is 0.160. The van der Waals surface area contributed by atoms with E-state index >= 15 is 0 Å². The molecule has 0 fully saturated rings. The van der Waals surface area contributed by atoms with Crippen LogP contribution in [0.3, 0.4) is 0 Å². The first kappa shape index (κ1) is 16.1. The molecule has 0 bridgehead atoms. The fraction of sp³-hybridized carbons (Fsp3) is 0.600. The molecule has 0 aromatic heterocycles. The summed E-state index contributed by atoms with van der Waals surface area (Å²) in [5.41, 5.74) is 0.611. The van der Waals surface area contributed by atoms with Gasteiger partial charge >= 0.3 is 0 Å². The average molecular weight is 268 g/mol. The van der Waals surface area contributed by atoms with E-state index in [1.165, 1.54) is 12.1 Å². The number of hydrogen-bond donors (Lipinski definition) is 2. The van der Waals surface area contributed by atoms with Gasteiger partial charge in [0, 0.05) is 19.1 Å². The predicted octanol–water partition coefficient (Wildman–Crippen LogP) is 2.03. The van der Waals surface area contributed by atoms with Crippen LogP contribution < -0.4 is 5.32 Å². The van der Waals surface area contributed by atoms with Crippen molar-refractivity contribution in [1.82, 2.24) is 10.2 Å². The van der Waals surface area contributed by atoms with Crippen molar-refractivity contribution < 1.29 is 9.50 Å². The van der Waals surface area contributed by atoms with Crippen LogP contribution in [0.2, 0.25) is 0 Å². The van der Waals surface area contributed by atoms with E-state index in [0.29, 0.717) is 24.1 Å². The van der Waals surface area contributed by atoms with E-state index in [9.17, 15) is 9.50 Å². The molecule has 1 aromatic rings. The number of likely N-dealkylation sites (N-methyl/N-ethyl adjacent to an activating group) is 1. The normalized spacial score (nSPS) is 14.9. The SMILES string of the molecule is CC(C)C(CN(C)C)NCC(O)c1cccc(F)c1. The minimum atomic E-state index is -0.681. The second-order valence-corrected chi connectivity index (χ2v) is 5.59. The van der Waals surface area contributed by atoms with Crippen LogP contribution >= 0.6 is 0 Å². The van der Waals surface area contributed by atoms with Crippen LogP contribution in [-0.2, 0) is 0 Å². The molecule has 3 nitrogen and oxygen atoms in total. The van der Waals surface area contributed by atoms with Crippen molar-refractivity contribution in [2.24, 2.45) is 5.92 Å². The maximum absolute atomic E-state index is 13.1. The van der Waals surface area contributed by atoms with Gasteiger partial charge in [-0.2, -0.15) is 0 Å². The highest BCUT2D eigenvalue weighted by atomic mass is 19.1. The van der Waals surface area contributed by atoms with E-state index in [1.807, 2.05) is 14.1 Å². The lowest BCUT2D eigenvalue weighted by atomic mass is 10.0. The lowest BCUT2D eigenvalue weighted by Gasteiger charge is -2.27. The molecule has 108 valence electrons. The molecule has 0 spiro atoms. The van der Waals surface area contributed by atoms with E-state index in [-0.39, 0.29) is 5.82 Å². The van der Waals surface area contributed by atoms with Gasteiger partial charge in [-0.1, -0.05) is 26.0 Å². The second-order valence-electron chi connectivity index (χ2n) is 5.59. The lowest BCUT2D eigenvalue weighted by molar-refractivity contribution is 0.160. The number of aliphatic hydroxyl groups is 1. The molecule has 0 saturated carbocycles. The zero-order valence-corrected chi connectivity index (χ0v) is 12.2. The Balaban J connectivity index is 2.54. The summed E-state index contributed by atoms with van der Waals surface area (Å²) >= 11 is 0. The first-order valence-corrected chi connectivity index (χ1v) is 6.71. The van der Waals surface area contributed by atoms with Crippen LogP contribution in [0.15, 0.2) is 24.3 Å². The molecule has 1 rings (SSSR count). The minimum absolute atomic E-state index is 0.304. The van der Waals surface area contributed by atoms with Crippen LogP contribution in [0.1, 0.15) is 25.5 Å². The molecule has 0 saturated heterocycles. The minimum Gasteiger partial charge on any atom is -0.387 e. The summed E-state index contributed by atoms with van der Waals surface area (Å²) < 4.78 is 13.1. The Morgan fingerprint density at radius 2 is 2.00 bits per heavy atom. The Bertz CT molecular complexity index is 382. The highest BCUT2D eigenvalue weighted by Gasteiger charge is 2.16. The third kappa shape index (κ3) is 5.68. The van der Waals surface area contributed by atoms with E-state index in [4.69, 9.17) is 0 Å².